The Hall–Kier alpha value is -2.68. The molecule has 0 bridgehead atoms. The highest BCUT2D eigenvalue weighted by Crippen LogP contribution is 2.49. The number of anilines is 1. The molecule has 3 fully saturated rings. The summed E-state index contributed by atoms with van der Waals surface area (Å²) in [5.41, 5.74) is 4.36. The number of nitrogens with zero attached hydrogens (tertiary/aromatic N) is 3. The molecule has 4 aliphatic rings. The molecule has 186 valence electrons. The zero-order chi connectivity index (χ0) is 24.4. The van der Waals surface area contributed by atoms with Crippen molar-refractivity contribution in [1.29, 1.82) is 0 Å². The molecular weight excluding hydrogens is 496 g/mol. The van der Waals surface area contributed by atoms with Crippen molar-refractivity contribution < 1.29 is 14.3 Å². The van der Waals surface area contributed by atoms with Gasteiger partial charge in [0.2, 0.25) is 11.8 Å². The lowest BCUT2D eigenvalue weighted by molar-refractivity contribution is -0.138. The van der Waals surface area contributed by atoms with Gasteiger partial charge in [0, 0.05) is 64.3 Å². The molecule has 1 aromatic carbocycles. The number of benzene rings is 1. The normalized spacial score (nSPS) is 22.9. The minimum atomic E-state index is -0.100. The maximum absolute atomic E-state index is 12.2. The van der Waals surface area contributed by atoms with E-state index in [1.165, 1.54) is 24.2 Å². The highest BCUT2D eigenvalue weighted by atomic mass is 35.5. The monoisotopic (exact) mass is 522 g/mol. The second-order valence-electron chi connectivity index (χ2n) is 10.4. The van der Waals surface area contributed by atoms with Gasteiger partial charge in [-0.3, -0.25) is 19.5 Å². The first-order valence-electron chi connectivity index (χ1n) is 12.7. The quantitative estimate of drug-likeness (QED) is 0.498. The Morgan fingerprint density at radius 1 is 1.17 bits per heavy atom. The fourth-order valence-electron chi connectivity index (χ4n) is 6.28. The Kier molecular flexibility index (Phi) is 5.27. The maximum Gasteiger partial charge on any atom is 0.230 e. The third-order valence-electron chi connectivity index (χ3n) is 8.23. The second-order valence-corrected chi connectivity index (χ2v) is 11.9. The molecule has 5 heterocycles. The largest absolute Gasteiger partial charge is 0.489 e. The van der Waals surface area contributed by atoms with Crippen LogP contribution in [0.3, 0.4) is 0 Å². The van der Waals surface area contributed by atoms with E-state index in [0.717, 1.165) is 57.2 Å². The number of halogens is 1. The standard InChI is InChI=1S/C27H27ClN4O3S/c28-16-10-20(25-22(11-16)35-9-8-31(25)17-13-27(30-14-17)5-1-6-27)19-4-7-29-21-12-18(36-26(19)21)15-32-23(33)2-3-24(32)34/h4,7,10-12,17,30H,1-3,5-6,8-9,13-15H2/t17-/m0/s1. The van der Waals surface area contributed by atoms with Crippen LogP contribution >= 0.6 is 22.9 Å². The number of pyridine rings is 1. The number of nitrogens with one attached hydrogen (secondary N) is 1. The van der Waals surface area contributed by atoms with Crippen molar-refractivity contribution in [3.05, 3.63) is 40.4 Å². The SMILES string of the molecule is O=C1CCC(=O)N1Cc1cc2nccc(-c3cc(Cl)cc4c3N([C@@H]3CNC5(CCC5)C3)CCO4)c2s1. The molecular formula is C27H27ClN4O3S. The van der Waals surface area contributed by atoms with Crippen molar-refractivity contribution in [3.63, 3.8) is 0 Å². The number of fused-ring (bicyclic) bond motifs is 2. The fraction of sp³-hybridized carbons (Fsp3) is 0.444. The topological polar surface area (TPSA) is 74.8 Å². The van der Waals surface area contributed by atoms with Gasteiger partial charge < -0.3 is 15.0 Å². The van der Waals surface area contributed by atoms with E-state index in [0.29, 0.717) is 42.6 Å². The van der Waals surface area contributed by atoms with Gasteiger partial charge in [-0.2, -0.15) is 0 Å². The van der Waals surface area contributed by atoms with Crippen molar-refractivity contribution in [2.24, 2.45) is 0 Å². The smallest absolute Gasteiger partial charge is 0.230 e. The van der Waals surface area contributed by atoms with Crippen LogP contribution in [0.2, 0.25) is 5.02 Å². The summed E-state index contributed by atoms with van der Waals surface area (Å²) in [6.07, 6.45) is 7.41. The molecule has 1 aliphatic carbocycles. The predicted molar refractivity (Wildman–Crippen MR) is 141 cm³/mol. The van der Waals surface area contributed by atoms with E-state index in [2.05, 4.69) is 15.2 Å². The van der Waals surface area contributed by atoms with Crippen LogP contribution in [0.5, 0.6) is 5.75 Å². The van der Waals surface area contributed by atoms with Gasteiger partial charge in [-0.25, -0.2) is 0 Å². The summed E-state index contributed by atoms with van der Waals surface area (Å²) in [5, 5.41) is 4.46. The number of ether oxygens (including phenoxy) is 1. The summed E-state index contributed by atoms with van der Waals surface area (Å²) in [5.74, 6) is 0.627. The Morgan fingerprint density at radius 3 is 2.75 bits per heavy atom. The number of carbonyl (C=O) groups excluding carboxylic acids is 2. The fourth-order valence-corrected chi connectivity index (χ4v) is 7.62. The highest BCUT2D eigenvalue weighted by molar-refractivity contribution is 7.19. The number of thiophene rings is 1. The van der Waals surface area contributed by atoms with Crippen LogP contribution < -0.4 is 15.0 Å². The lowest BCUT2D eigenvalue weighted by Crippen LogP contribution is -2.46. The summed E-state index contributed by atoms with van der Waals surface area (Å²) in [4.78, 5) is 33.8. The van der Waals surface area contributed by atoms with Gasteiger partial charge >= 0.3 is 0 Å². The minimum absolute atomic E-state index is 0.100. The van der Waals surface area contributed by atoms with Crippen LogP contribution in [0.25, 0.3) is 21.3 Å². The number of likely N-dealkylation sites (tertiary alicyclic amines) is 1. The van der Waals surface area contributed by atoms with Crippen LogP contribution in [0.1, 0.15) is 43.4 Å². The van der Waals surface area contributed by atoms with Crippen LogP contribution in [0.4, 0.5) is 5.69 Å². The van der Waals surface area contributed by atoms with E-state index in [1.807, 2.05) is 30.5 Å². The number of imide groups is 1. The van der Waals surface area contributed by atoms with Crippen molar-refractivity contribution in [2.45, 2.75) is 56.7 Å². The van der Waals surface area contributed by atoms with E-state index < -0.39 is 0 Å². The van der Waals surface area contributed by atoms with Gasteiger partial charge in [0.1, 0.15) is 12.4 Å². The van der Waals surface area contributed by atoms with Gasteiger partial charge in [0.05, 0.1) is 29.0 Å². The zero-order valence-corrected chi connectivity index (χ0v) is 21.5. The van der Waals surface area contributed by atoms with Crippen molar-refractivity contribution >= 4 is 50.7 Å². The lowest BCUT2D eigenvalue weighted by atomic mass is 9.75. The summed E-state index contributed by atoms with van der Waals surface area (Å²) in [7, 11) is 0. The van der Waals surface area contributed by atoms with Gasteiger partial charge in [-0.1, -0.05) is 11.6 Å². The maximum atomic E-state index is 12.2. The van der Waals surface area contributed by atoms with Gasteiger partial charge in [0.15, 0.2) is 0 Å². The molecule has 1 atom stereocenters. The number of carbonyl (C=O) groups is 2. The molecule has 0 unspecified atom stereocenters. The first-order valence-corrected chi connectivity index (χ1v) is 13.9. The van der Waals surface area contributed by atoms with Crippen molar-refractivity contribution in [3.8, 4) is 16.9 Å². The number of hydrogen-bond donors (Lipinski definition) is 1. The summed E-state index contributed by atoms with van der Waals surface area (Å²) >= 11 is 8.20. The van der Waals surface area contributed by atoms with Crippen molar-refractivity contribution in [1.82, 2.24) is 15.2 Å². The van der Waals surface area contributed by atoms with Crippen LogP contribution in [-0.2, 0) is 16.1 Å². The predicted octanol–water partition coefficient (Wildman–Crippen LogP) is 4.75. The molecule has 2 amide bonds. The third kappa shape index (κ3) is 3.61. The molecule has 7 rings (SSSR count). The Morgan fingerprint density at radius 2 is 2.00 bits per heavy atom. The van der Waals surface area contributed by atoms with Gasteiger partial charge in [-0.15, -0.1) is 11.3 Å². The summed E-state index contributed by atoms with van der Waals surface area (Å²) in [6.45, 7) is 2.77. The summed E-state index contributed by atoms with van der Waals surface area (Å²) in [6, 6.07) is 8.40. The van der Waals surface area contributed by atoms with E-state index in [-0.39, 0.29) is 11.8 Å². The van der Waals surface area contributed by atoms with E-state index in [4.69, 9.17) is 16.3 Å². The Bertz CT molecular complexity index is 1390. The molecule has 0 radical (unpaired) electrons. The molecule has 3 aromatic rings. The number of amides is 2. The van der Waals surface area contributed by atoms with E-state index in [9.17, 15) is 9.59 Å². The average molecular weight is 523 g/mol. The van der Waals surface area contributed by atoms with E-state index >= 15 is 0 Å². The molecule has 1 saturated carbocycles. The molecule has 1 N–H and O–H groups in total. The average Bonchev–Trinajstić information content (AvgIpc) is 3.56. The zero-order valence-electron chi connectivity index (χ0n) is 19.9. The number of aromatic nitrogens is 1. The first-order chi connectivity index (χ1) is 17.5. The third-order valence-corrected chi connectivity index (χ3v) is 9.59. The van der Waals surface area contributed by atoms with Gasteiger partial charge in [-0.05, 0) is 43.9 Å². The number of hydrogen-bond acceptors (Lipinski definition) is 7. The minimum Gasteiger partial charge on any atom is -0.489 e. The highest BCUT2D eigenvalue weighted by Gasteiger charge is 2.46. The lowest BCUT2D eigenvalue weighted by Gasteiger charge is -2.41. The molecule has 3 aliphatic heterocycles. The van der Waals surface area contributed by atoms with Crippen LogP contribution in [0.15, 0.2) is 30.5 Å². The van der Waals surface area contributed by atoms with E-state index in [1.54, 1.807) is 11.3 Å². The molecule has 7 nitrogen and oxygen atoms in total. The molecule has 1 spiro atoms. The Labute approximate surface area is 218 Å². The Balaban J connectivity index is 1.30. The van der Waals surface area contributed by atoms with Crippen LogP contribution in [-0.4, -0.2) is 53.0 Å². The number of rotatable bonds is 4. The molecule has 36 heavy (non-hydrogen) atoms. The molecule has 9 heteroatoms. The second kappa shape index (κ2) is 8.43. The summed E-state index contributed by atoms with van der Waals surface area (Å²) < 4.78 is 7.17. The van der Waals surface area contributed by atoms with Crippen LogP contribution in [0, 0.1) is 0 Å². The van der Waals surface area contributed by atoms with Gasteiger partial charge in [0.25, 0.3) is 0 Å². The molecule has 2 aromatic heterocycles. The first kappa shape index (κ1) is 22.5. The molecule has 2 saturated heterocycles. The van der Waals surface area contributed by atoms with Crippen molar-refractivity contribution in [2.75, 3.05) is 24.6 Å².